The lowest BCUT2D eigenvalue weighted by molar-refractivity contribution is -0.132. The van der Waals surface area contributed by atoms with Gasteiger partial charge in [0.2, 0.25) is 5.91 Å². The van der Waals surface area contributed by atoms with Crippen LogP contribution in [0.15, 0.2) is 47.3 Å². The molecule has 0 radical (unpaired) electrons. The van der Waals surface area contributed by atoms with Gasteiger partial charge in [0, 0.05) is 51.5 Å². The lowest BCUT2D eigenvalue weighted by Gasteiger charge is -2.30. The van der Waals surface area contributed by atoms with Crippen LogP contribution in [0.25, 0.3) is 0 Å². The van der Waals surface area contributed by atoms with E-state index in [0.29, 0.717) is 26.1 Å². The minimum absolute atomic E-state index is 0.161. The van der Waals surface area contributed by atoms with Crippen LogP contribution >= 0.6 is 0 Å². The van der Waals surface area contributed by atoms with Gasteiger partial charge in [-0.15, -0.1) is 0 Å². The molecule has 0 saturated carbocycles. The van der Waals surface area contributed by atoms with Gasteiger partial charge in [-0.25, -0.2) is 0 Å². The number of rotatable bonds is 8. The molecule has 1 amide bonds. The predicted molar refractivity (Wildman–Crippen MR) is 90.4 cm³/mol. The summed E-state index contributed by atoms with van der Waals surface area (Å²) in [6.07, 6.45) is 6.12. The number of hydrogen-bond acceptors (Lipinski definition) is 4. The number of ether oxygens (including phenoxy) is 1. The van der Waals surface area contributed by atoms with Crippen molar-refractivity contribution in [3.8, 4) is 0 Å². The quantitative estimate of drug-likeness (QED) is 0.740. The Morgan fingerprint density at radius 2 is 1.92 bits per heavy atom. The molecule has 1 aliphatic heterocycles. The Hall–Kier alpha value is -2.05. The lowest BCUT2D eigenvalue weighted by atomic mass is 10.3. The zero-order valence-electron chi connectivity index (χ0n) is 14.0. The van der Waals surface area contributed by atoms with Gasteiger partial charge in [-0.3, -0.25) is 9.69 Å². The molecule has 0 atom stereocenters. The molecule has 2 aromatic heterocycles. The van der Waals surface area contributed by atoms with Crippen molar-refractivity contribution in [3.63, 3.8) is 0 Å². The van der Waals surface area contributed by atoms with Gasteiger partial charge in [0.1, 0.15) is 5.76 Å². The van der Waals surface area contributed by atoms with E-state index in [0.717, 1.165) is 38.6 Å². The Morgan fingerprint density at radius 3 is 2.62 bits per heavy atom. The lowest BCUT2D eigenvalue weighted by Crippen LogP contribution is -2.43. The Kier molecular flexibility index (Phi) is 6.09. The fourth-order valence-electron chi connectivity index (χ4n) is 2.87. The number of nitrogens with zero attached hydrogens (tertiary/aromatic N) is 3. The average Bonchev–Trinajstić information content (AvgIpc) is 3.31. The monoisotopic (exact) mass is 331 g/mol. The van der Waals surface area contributed by atoms with Crippen molar-refractivity contribution in [3.05, 3.63) is 48.7 Å². The van der Waals surface area contributed by atoms with Crippen molar-refractivity contribution in [2.45, 2.75) is 19.5 Å². The third-order valence-electron chi connectivity index (χ3n) is 4.32. The molecule has 1 aliphatic rings. The Morgan fingerprint density at radius 1 is 1.12 bits per heavy atom. The molecule has 0 N–H and O–H groups in total. The minimum Gasteiger partial charge on any atom is -0.467 e. The zero-order valence-corrected chi connectivity index (χ0v) is 14.0. The molecule has 6 nitrogen and oxygen atoms in total. The number of carbonyl (C=O) groups is 1. The maximum absolute atomic E-state index is 12.7. The summed E-state index contributed by atoms with van der Waals surface area (Å²) in [5.74, 6) is 0.986. The van der Waals surface area contributed by atoms with Gasteiger partial charge in [0.15, 0.2) is 0 Å². The summed E-state index contributed by atoms with van der Waals surface area (Å²) in [5, 5.41) is 0. The molecular weight excluding hydrogens is 306 g/mol. The smallest absolute Gasteiger partial charge is 0.224 e. The topological polar surface area (TPSA) is 50.9 Å². The largest absolute Gasteiger partial charge is 0.467 e. The predicted octanol–water partition coefficient (Wildman–Crippen LogP) is 1.83. The summed E-state index contributed by atoms with van der Waals surface area (Å²) in [6, 6.07) is 7.73. The third-order valence-corrected chi connectivity index (χ3v) is 4.32. The highest BCUT2D eigenvalue weighted by atomic mass is 16.5. The van der Waals surface area contributed by atoms with Gasteiger partial charge >= 0.3 is 0 Å². The highest BCUT2D eigenvalue weighted by Gasteiger charge is 2.18. The van der Waals surface area contributed by atoms with Crippen LogP contribution in [0.2, 0.25) is 0 Å². The van der Waals surface area contributed by atoms with Gasteiger partial charge in [-0.1, -0.05) is 0 Å². The molecule has 130 valence electrons. The summed E-state index contributed by atoms with van der Waals surface area (Å²) in [7, 11) is 0. The second-order valence-electron chi connectivity index (χ2n) is 6.02. The van der Waals surface area contributed by atoms with Crippen molar-refractivity contribution in [2.75, 3.05) is 39.4 Å². The molecule has 3 heterocycles. The Balaban J connectivity index is 1.54. The summed E-state index contributed by atoms with van der Waals surface area (Å²) >= 11 is 0. The fraction of sp³-hybridized carbons (Fsp3) is 0.500. The fourth-order valence-corrected chi connectivity index (χ4v) is 2.87. The maximum Gasteiger partial charge on any atom is 0.224 e. The molecule has 0 aliphatic carbocycles. The van der Waals surface area contributed by atoms with Crippen LogP contribution in [-0.2, 0) is 22.6 Å². The molecule has 0 bridgehead atoms. The molecule has 1 saturated heterocycles. The number of hydrogen-bond donors (Lipinski definition) is 0. The summed E-state index contributed by atoms with van der Waals surface area (Å²) in [6.45, 7) is 6.25. The van der Waals surface area contributed by atoms with Crippen LogP contribution in [0.5, 0.6) is 0 Å². The van der Waals surface area contributed by atoms with Gasteiger partial charge in [0.05, 0.1) is 26.0 Å². The first-order chi connectivity index (χ1) is 11.8. The average molecular weight is 331 g/mol. The number of furan rings is 1. The van der Waals surface area contributed by atoms with Gasteiger partial charge in [-0.05, 0) is 24.3 Å². The second kappa shape index (κ2) is 8.70. The normalized spacial score (nSPS) is 15.5. The number of aryl methyl sites for hydroxylation is 1. The van der Waals surface area contributed by atoms with E-state index < -0.39 is 0 Å². The van der Waals surface area contributed by atoms with Crippen LogP contribution in [0.1, 0.15) is 12.2 Å². The van der Waals surface area contributed by atoms with E-state index in [9.17, 15) is 4.79 Å². The molecule has 0 spiro atoms. The van der Waals surface area contributed by atoms with E-state index in [1.165, 1.54) is 0 Å². The molecule has 0 aromatic carbocycles. The van der Waals surface area contributed by atoms with Crippen molar-refractivity contribution >= 4 is 5.91 Å². The van der Waals surface area contributed by atoms with E-state index in [-0.39, 0.29) is 5.91 Å². The number of aromatic nitrogens is 1. The Bertz CT molecular complexity index is 589. The van der Waals surface area contributed by atoms with E-state index in [2.05, 4.69) is 4.90 Å². The first kappa shape index (κ1) is 16.8. The summed E-state index contributed by atoms with van der Waals surface area (Å²) < 4.78 is 12.8. The number of amides is 1. The van der Waals surface area contributed by atoms with Crippen molar-refractivity contribution in [1.82, 2.24) is 14.4 Å². The van der Waals surface area contributed by atoms with Crippen LogP contribution in [0, 0.1) is 0 Å². The van der Waals surface area contributed by atoms with Crippen LogP contribution < -0.4 is 0 Å². The number of carbonyl (C=O) groups excluding carboxylic acids is 1. The molecular formula is C18H25N3O3. The summed E-state index contributed by atoms with van der Waals surface area (Å²) in [4.78, 5) is 16.9. The molecule has 1 fully saturated rings. The first-order valence-electron chi connectivity index (χ1n) is 8.52. The van der Waals surface area contributed by atoms with Crippen molar-refractivity contribution in [1.29, 1.82) is 0 Å². The highest BCUT2D eigenvalue weighted by Crippen LogP contribution is 2.09. The first-order valence-corrected chi connectivity index (χ1v) is 8.52. The molecule has 6 heteroatoms. The van der Waals surface area contributed by atoms with Crippen LogP contribution in [0.4, 0.5) is 0 Å². The van der Waals surface area contributed by atoms with Gasteiger partial charge in [0.25, 0.3) is 0 Å². The molecule has 2 aromatic rings. The van der Waals surface area contributed by atoms with E-state index in [1.54, 1.807) is 6.26 Å². The van der Waals surface area contributed by atoms with Gasteiger partial charge < -0.3 is 18.6 Å². The van der Waals surface area contributed by atoms with E-state index in [1.807, 2.05) is 46.1 Å². The van der Waals surface area contributed by atoms with Crippen LogP contribution in [0.3, 0.4) is 0 Å². The highest BCUT2D eigenvalue weighted by molar-refractivity contribution is 5.76. The maximum atomic E-state index is 12.7. The van der Waals surface area contributed by atoms with Crippen molar-refractivity contribution in [2.24, 2.45) is 0 Å². The minimum atomic E-state index is 0.161. The molecule has 0 unspecified atom stereocenters. The van der Waals surface area contributed by atoms with E-state index in [4.69, 9.17) is 9.15 Å². The van der Waals surface area contributed by atoms with Crippen LogP contribution in [-0.4, -0.2) is 59.7 Å². The summed E-state index contributed by atoms with van der Waals surface area (Å²) in [5.41, 5.74) is 0. The molecule has 24 heavy (non-hydrogen) atoms. The number of morpholine rings is 1. The second-order valence-corrected chi connectivity index (χ2v) is 6.02. The van der Waals surface area contributed by atoms with Gasteiger partial charge in [-0.2, -0.15) is 0 Å². The SMILES string of the molecule is O=C(CCn1cccc1)N(CCN1CCOCC1)Cc1ccco1. The van der Waals surface area contributed by atoms with Crippen molar-refractivity contribution < 1.29 is 13.9 Å². The third kappa shape index (κ3) is 4.97. The Labute approximate surface area is 142 Å². The molecule has 3 rings (SSSR count). The standard InChI is InChI=1S/C18H25N3O3/c22-18(5-8-19-6-1-2-7-19)21(16-17-4-3-13-24-17)10-9-20-11-14-23-15-12-20/h1-4,6-7,13H,5,8-12,14-16H2. The zero-order chi connectivity index (χ0) is 16.6. The van der Waals surface area contributed by atoms with E-state index >= 15 is 0 Å².